The van der Waals surface area contributed by atoms with Gasteiger partial charge in [0.2, 0.25) is 5.91 Å². The smallest absolute Gasteiger partial charge is 0.258 e. The zero-order chi connectivity index (χ0) is 16.8. The number of aromatic nitrogens is 2. The summed E-state index contributed by atoms with van der Waals surface area (Å²) in [4.78, 5) is 32.8. The van der Waals surface area contributed by atoms with Crippen LogP contribution in [-0.4, -0.2) is 46.2 Å². The number of H-pyrrole nitrogens is 1. The molecule has 6 nitrogen and oxygen atoms in total. The van der Waals surface area contributed by atoms with Gasteiger partial charge in [0.15, 0.2) is 0 Å². The minimum absolute atomic E-state index is 0. The first-order valence-corrected chi connectivity index (χ1v) is 8.69. The number of nitrogens with two attached hydrogens (primary N) is 1. The summed E-state index contributed by atoms with van der Waals surface area (Å²) in [6, 6.07) is 7.30. The third-order valence-corrected chi connectivity index (χ3v) is 4.73. The first kappa shape index (κ1) is 20.5. The molecule has 2 aromatic rings. The number of halogens is 1. The van der Waals surface area contributed by atoms with Gasteiger partial charge in [-0.3, -0.25) is 9.59 Å². The van der Waals surface area contributed by atoms with Crippen LogP contribution >= 0.6 is 24.2 Å². The number of hydrogen-bond donors (Lipinski definition) is 2. The monoisotopic (exact) mass is 370 g/mol. The van der Waals surface area contributed by atoms with Gasteiger partial charge in [0.25, 0.3) is 5.56 Å². The third-order valence-electron chi connectivity index (χ3n) is 3.76. The molecule has 0 saturated heterocycles. The summed E-state index contributed by atoms with van der Waals surface area (Å²) in [7, 11) is 1.77. The van der Waals surface area contributed by atoms with Crippen LogP contribution in [0.3, 0.4) is 0 Å². The highest BCUT2D eigenvalue weighted by Gasteiger charge is 2.13. The van der Waals surface area contributed by atoms with E-state index in [-0.39, 0.29) is 29.9 Å². The fourth-order valence-corrected chi connectivity index (χ4v) is 2.91. The van der Waals surface area contributed by atoms with Crippen LogP contribution in [0, 0.1) is 0 Å². The average Bonchev–Trinajstić information content (AvgIpc) is 2.57. The summed E-state index contributed by atoms with van der Waals surface area (Å²) in [6.45, 7) is 2.38. The molecule has 0 fully saturated rings. The second kappa shape index (κ2) is 9.66. The van der Waals surface area contributed by atoms with Crippen molar-refractivity contribution < 1.29 is 4.79 Å². The predicted octanol–water partition coefficient (Wildman–Crippen LogP) is 1.77. The maximum Gasteiger partial charge on any atom is 0.258 e. The quantitative estimate of drug-likeness (QED) is 0.725. The Bertz CT molecular complexity index is 737. The lowest BCUT2D eigenvalue weighted by Crippen LogP contribution is -2.39. The number of thioether (sulfide) groups is 1. The van der Waals surface area contributed by atoms with Crippen LogP contribution < -0.4 is 11.3 Å². The number of fused-ring (bicyclic) bond motifs is 1. The number of para-hydroxylation sites is 1. The summed E-state index contributed by atoms with van der Waals surface area (Å²) in [5.74, 6) is 1.96. The fraction of sp³-hybridized carbons (Fsp3) is 0.438. The molecule has 0 aliphatic heterocycles. The highest BCUT2D eigenvalue weighted by molar-refractivity contribution is 7.98. The third kappa shape index (κ3) is 5.22. The van der Waals surface area contributed by atoms with Crippen molar-refractivity contribution in [3.63, 3.8) is 0 Å². The van der Waals surface area contributed by atoms with Crippen LogP contribution in [-0.2, 0) is 10.5 Å². The average molecular weight is 371 g/mol. The lowest BCUT2D eigenvalue weighted by atomic mass is 10.2. The normalized spacial score (nSPS) is 11.8. The van der Waals surface area contributed by atoms with Gasteiger partial charge in [0.05, 0.1) is 16.7 Å². The Labute approximate surface area is 151 Å². The number of nitrogens with zero attached hydrogens (tertiary/aromatic N) is 2. The number of aromatic amines is 1. The summed E-state index contributed by atoms with van der Waals surface area (Å²) in [6.07, 6.45) is 0.448. The molecule has 1 aromatic carbocycles. The molecular formula is C16H23ClN4O2S. The highest BCUT2D eigenvalue weighted by atomic mass is 35.5. The van der Waals surface area contributed by atoms with Crippen molar-refractivity contribution in [2.24, 2.45) is 5.73 Å². The van der Waals surface area contributed by atoms with Gasteiger partial charge in [0, 0.05) is 31.8 Å². The van der Waals surface area contributed by atoms with Crippen molar-refractivity contribution in [2.75, 3.05) is 19.3 Å². The first-order valence-electron chi connectivity index (χ1n) is 7.54. The maximum atomic E-state index is 12.0. The summed E-state index contributed by atoms with van der Waals surface area (Å²) < 4.78 is 0. The van der Waals surface area contributed by atoms with E-state index in [1.807, 2.05) is 25.1 Å². The molecule has 0 saturated carbocycles. The van der Waals surface area contributed by atoms with Crippen molar-refractivity contribution in [1.82, 2.24) is 14.9 Å². The number of hydrogen-bond acceptors (Lipinski definition) is 5. The molecule has 3 N–H and O–H groups in total. The van der Waals surface area contributed by atoms with Crippen LogP contribution in [0.2, 0.25) is 0 Å². The standard InChI is InChI=1S/C16H22N4O2S.ClH/c1-11(9-17)20(2)15(21)7-8-23-10-14-18-13-6-4-3-5-12(13)16(22)19-14;/h3-6,11H,7-10,17H2,1-2H3,(H,18,19,22);1H. The largest absolute Gasteiger partial charge is 0.342 e. The molecule has 1 heterocycles. The molecule has 24 heavy (non-hydrogen) atoms. The molecule has 1 amide bonds. The van der Waals surface area contributed by atoms with Gasteiger partial charge in [-0.2, -0.15) is 11.8 Å². The maximum absolute atomic E-state index is 12.0. The van der Waals surface area contributed by atoms with Crippen LogP contribution in [0.4, 0.5) is 0 Å². The molecule has 0 spiro atoms. The molecule has 132 valence electrons. The van der Waals surface area contributed by atoms with Crippen LogP contribution in [0.5, 0.6) is 0 Å². The van der Waals surface area contributed by atoms with E-state index < -0.39 is 0 Å². The molecule has 2 rings (SSSR count). The van der Waals surface area contributed by atoms with Gasteiger partial charge >= 0.3 is 0 Å². The Morgan fingerprint density at radius 1 is 1.42 bits per heavy atom. The van der Waals surface area contributed by atoms with Crippen LogP contribution in [0.15, 0.2) is 29.1 Å². The summed E-state index contributed by atoms with van der Waals surface area (Å²) in [5, 5.41) is 0.592. The van der Waals surface area contributed by atoms with E-state index in [2.05, 4.69) is 9.97 Å². The van der Waals surface area contributed by atoms with Gasteiger partial charge in [-0.05, 0) is 19.1 Å². The highest BCUT2D eigenvalue weighted by Crippen LogP contribution is 2.12. The summed E-state index contributed by atoms with van der Waals surface area (Å²) >= 11 is 1.58. The topological polar surface area (TPSA) is 92.1 Å². The second-order valence-corrected chi connectivity index (χ2v) is 6.53. The van der Waals surface area contributed by atoms with E-state index in [0.29, 0.717) is 41.2 Å². The SMILES string of the molecule is CC(CN)N(C)C(=O)CCSCc1nc2ccccc2c(=O)[nH]1.Cl. The van der Waals surface area contributed by atoms with E-state index in [4.69, 9.17) is 5.73 Å². The number of benzene rings is 1. The Balaban J connectivity index is 0.00000288. The Morgan fingerprint density at radius 2 is 2.12 bits per heavy atom. The molecule has 1 aromatic heterocycles. The predicted molar refractivity (Wildman–Crippen MR) is 102 cm³/mol. The van der Waals surface area contributed by atoms with E-state index in [0.717, 1.165) is 0 Å². The summed E-state index contributed by atoms with van der Waals surface area (Å²) in [5.41, 5.74) is 6.13. The number of likely N-dealkylation sites (N-methyl/N-ethyl adjacent to an activating group) is 1. The van der Waals surface area contributed by atoms with Gasteiger partial charge in [-0.25, -0.2) is 4.98 Å². The number of amides is 1. The van der Waals surface area contributed by atoms with E-state index in [1.54, 1.807) is 29.8 Å². The molecular weight excluding hydrogens is 348 g/mol. The molecule has 1 unspecified atom stereocenters. The minimum atomic E-state index is -0.126. The second-order valence-electron chi connectivity index (χ2n) is 5.42. The van der Waals surface area contributed by atoms with Gasteiger partial charge < -0.3 is 15.6 Å². The molecule has 0 aliphatic carbocycles. The fourth-order valence-electron chi connectivity index (χ4n) is 2.11. The Kier molecular flexibility index (Phi) is 8.24. The Hall–Kier alpha value is -1.57. The van der Waals surface area contributed by atoms with E-state index in [1.165, 1.54) is 0 Å². The Morgan fingerprint density at radius 3 is 2.83 bits per heavy atom. The molecule has 0 bridgehead atoms. The zero-order valence-electron chi connectivity index (χ0n) is 13.8. The van der Waals surface area contributed by atoms with E-state index in [9.17, 15) is 9.59 Å². The van der Waals surface area contributed by atoms with Crippen LogP contribution in [0.25, 0.3) is 10.9 Å². The number of carbonyl (C=O) groups is 1. The lowest BCUT2D eigenvalue weighted by molar-refractivity contribution is -0.131. The van der Waals surface area contributed by atoms with Crippen molar-refractivity contribution >= 4 is 41.0 Å². The lowest BCUT2D eigenvalue weighted by Gasteiger charge is -2.23. The van der Waals surface area contributed by atoms with Gasteiger partial charge in [-0.15, -0.1) is 12.4 Å². The number of rotatable bonds is 7. The van der Waals surface area contributed by atoms with Gasteiger partial charge in [-0.1, -0.05) is 12.1 Å². The van der Waals surface area contributed by atoms with Crippen molar-refractivity contribution in [2.45, 2.75) is 25.1 Å². The van der Waals surface area contributed by atoms with Crippen molar-refractivity contribution in [3.8, 4) is 0 Å². The zero-order valence-corrected chi connectivity index (χ0v) is 15.5. The number of nitrogens with one attached hydrogen (secondary N) is 1. The molecule has 1 atom stereocenters. The van der Waals surface area contributed by atoms with Crippen LogP contribution in [0.1, 0.15) is 19.2 Å². The van der Waals surface area contributed by atoms with E-state index >= 15 is 0 Å². The molecule has 0 aliphatic rings. The first-order chi connectivity index (χ1) is 11.0. The molecule has 0 radical (unpaired) electrons. The van der Waals surface area contributed by atoms with Gasteiger partial charge in [0.1, 0.15) is 5.82 Å². The minimum Gasteiger partial charge on any atom is -0.342 e. The van der Waals surface area contributed by atoms with Crippen molar-refractivity contribution in [3.05, 3.63) is 40.4 Å². The van der Waals surface area contributed by atoms with Crippen molar-refractivity contribution in [1.29, 1.82) is 0 Å². The molecule has 8 heteroatoms. The number of carbonyl (C=O) groups excluding carboxylic acids is 1.